The molecule has 0 unspecified atom stereocenters. The lowest BCUT2D eigenvalue weighted by molar-refractivity contribution is 1.26. The van der Waals surface area contributed by atoms with Crippen LogP contribution in [0.5, 0.6) is 0 Å². The first-order valence-electron chi connectivity index (χ1n) is 4.27. The predicted molar refractivity (Wildman–Crippen MR) is 58.6 cm³/mol. The van der Waals surface area contributed by atoms with Crippen LogP contribution in [-0.2, 0) is 0 Å². The molecule has 13 heavy (non-hydrogen) atoms. The van der Waals surface area contributed by atoms with Gasteiger partial charge in [0.25, 0.3) is 0 Å². The molecule has 0 saturated heterocycles. The molecule has 1 N–H and O–H groups in total. The van der Waals surface area contributed by atoms with E-state index in [0.29, 0.717) is 0 Å². The lowest BCUT2D eigenvalue weighted by atomic mass is 10.2. The summed E-state index contributed by atoms with van der Waals surface area (Å²) < 4.78 is 0. The number of hydrogen-bond acceptors (Lipinski definition) is 2. The van der Waals surface area contributed by atoms with Crippen LogP contribution >= 0.6 is 11.6 Å². The Bertz CT molecular complexity index is 308. The van der Waals surface area contributed by atoms with E-state index in [0.717, 1.165) is 22.7 Å². The minimum absolute atomic E-state index is 0.761. The Kier molecular flexibility index (Phi) is 3.77. The van der Waals surface area contributed by atoms with Crippen LogP contribution in [0.15, 0.2) is 23.3 Å². The van der Waals surface area contributed by atoms with Gasteiger partial charge in [0.05, 0.1) is 5.69 Å². The summed E-state index contributed by atoms with van der Waals surface area (Å²) >= 11 is 5.93. The normalized spacial score (nSPS) is 10.7. The molecule has 70 valence electrons. The summed E-state index contributed by atoms with van der Waals surface area (Å²) in [5.41, 5.74) is 4.89. The van der Waals surface area contributed by atoms with Crippen molar-refractivity contribution in [3.05, 3.63) is 28.8 Å². The molecule has 2 nitrogen and oxygen atoms in total. The van der Waals surface area contributed by atoms with Gasteiger partial charge in [0.1, 0.15) is 0 Å². The van der Waals surface area contributed by atoms with Crippen molar-refractivity contribution in [1.82, 2.24) is 0 Å². The smallest absolute Gasteiger partial charge is 0.0576 e. The first-order chi connectivity index (χ1) is 6.24. The van der Waals surface area contributed by atoms with Gasteiger partial charge in [-0.3, -0.25) is 5.43 Å². The Morgan fingerprint density at radius 1 is 1.54 bits per heavy atom. The Morgan fingerprint density at radius 3 is 2.92 bits per heavy atom. The van der Waals surface area contributed by atoms with E-state index >= 15 is 0 Å². The fraction of sp³-hybridized carbons (Fsp3) is 0.300. The number of hydrazone groups is 1. The van der Waals surface area contributed by atoms with E-state index in [2.05, 4.69) is 10.5 Å². The zero-order valence-electron chi connectivity index (χ0n) is 7.84. The van der Waals surface area contributed by atoms with Gasteiger partial charge in [-0.2, -0.15) is 5.10 Å². The van der Waals surface area contributed by atoms with Crippen molar-refractivity contribution < 1.29 is 0 Å². The van der Waals surface area contributed by atoms with E-state index in [1.165, 1.54) is 0 Å². The molecule has 1 aromatic rings. The molecule has 0 bridgehead atoms. The number of hydrogen-bond donors (Lipinski definition) is 1. The van der Waals surface area contributed by atoms with Crippen LogP contribution in [0.2, 0.25) is 5.02 Å². The van der Waals surface area contributed by atoms with E-state index in [4.69, 9.17) is 11.6 Å². The fourth-order valence-corrected chi connectivity index (χ4v) is 1.05. The second-order valence-corrected chi connectivity index (χ2v) is 3.20. The van der Waals surface area contributed by atoms with Gasteiger partial charge in [-0.25, -0.2) is 0 Å². The summed E-state index contributed by atoms with van der Waals surface area (Å²) in [6.07, 6.45) is 2.74. The van der Waals surface area contributed by atoms with Crippen LogP contribution in [0.1, 0.15) is 18.9 Å². The first kappa shape index (κ1) is 10.1. The molecule has 0 aliphatic carbocycles. The number of aryl methyl sites for hydroxylation is 1. The summed E-state index contributed by atoms with van der Waals surface area (Å²) in [6.45, 7) is 4.01. The van der Waals surface area contributed by atoms with Crippen molar-refractivity contribution in [1.29, 1.82) is 0 Å². The van der Waals surface area contributed by atoms with Crippen LogP contribution in [-0.4, -0.2) is 6.21 Å². The third-order valence-corrected chi connectivity index (χ3v) is 2.05. The molecule has 0 radical (unpaired) electrons. The van der Waals surface area contributed by atoms with Crippen LogP contribution in [0.25, 0.3) is 0 Å². The zero-order valence-corrected chi connectivity index (χ0v) is 8.60. The molecule has 0 aliphatic rings. The highest BCUT2D eigenvalue weighted by Gasteiger charge is 1.95. The Hall–Kier alpha value is -1.02. The quantitative estimate of drug-likeness (QED) is 0.581. The number of nitrogens with zero attached hydrogens (tertiary/aromatic N) is 1. The third-order valence-electron chi connectivity index (χ3n) is 1.64. The number of anilines is 1. The number of halogens is 1. The summed E-state index contributed by atoms with van der Waals surface area (Å²) in [4.78, 5) is 0. The topological polar surface area (TPSA) is 24.4 Å². The minimum atomic E-state index is 0.761. The van der Waals surface area contributed by atoms with Crippen molar-refractivity contribution in [3.8, 4) is 0 Å². The van der Waals surface area contributed by atoms with Crippen molar-refractivity contribution in [2.75, 3.05) is 5.43 Å². The van der Waals surface area contributed by atoms with Crippen LogP contribution < -0.4 is 5.43 Å². The summed E-state index contributed by atoms with van der Waals surface area (Å²) in [6, 6.07) is 5.78. The summed E-state index contributed by atoms with van der Waals surface area (Å²) in [7, 11) is 0. The number of benzene rings is 1. The second-order valence-electron chi connectivity index (χ2n) is 2.80. The second kappa shape index (κ2) is 4.87. The van der Waals surface area contributed by atoms with Crippen molar-refractivity contribution in [3.63, 3.8) is 0 Å². The van der Waals surface area contributed by atoms with Gasteiger partial charge in [0, 0.05) is 11.2 Å². The standard InChI is InChI=1S/C10H13ClN2/c1-3-6-12-13-9-5-4-8(2)10(11)7-9/h4-7,13H,3H2,1-2H3. The Labute approximate surface area is 83.6 Å². The van der Waals surface area contributed by atoms with Gasteiger partial charge in [0.15, 0.2) is 0 Å². The van der Waals surface area contributed by atoms with Crippen LogP contribution in [0, 0.1) is 6.92 Å². The SMILES string of the molecule is CCC=NNc1ccc(C)c(Cl)c1. The monoisotopic (exact) mass is 196 g/mol. The zero-order chi connectivity index (χ0) is 9.68. The van der Waals surface area contributed by atoms with Gasteiger partial charge in [-0.05, 0) is 31.0 Å². The molecule has 3 heteroatoms. The van der Waals surface area contributed by atoms with Gasteiger partial charge in [-0.1, -0.05) is 24.6 Å². The average Bonchev–Trinajstić information content (AvgIpc) is 2.12. The maximum Gasteiger partial charge on any atom is 0.0576 e. The molecular formula is C10H13ClN2. The maximum absolute atomic E-state index is 5.93. The van der Waals surface area contributed by atoms with E-state index in [-0.39, 0.29) is 0 Å². The highest BCUT2D eigenvalue weighted by atomic mass is 35.5. The largest absolute Gasteiger partial charge is 0.279 e. The van der Waals surface area contributed by atoms with Crippen molar-refractivity contribution in [2.24, 2.45) is 5.10 Å². The third kappa shape index (κ3) is 3.07. The maximum atomic E-state index is 5.93. The van der Waals surface area contributed by atoms with Gasteiger partial charge in [0.2, 0.25) is 0 Å². The number of rotatable bonds is 3. The predicted octanol–water partition coefficient (Wildman–Crippen LogP) is 3.46. The molecule has 0 atom stereocenters. The van der Waals surface area contributed by atoms with Gasteiger partial charge < -0.3 is 0 Å². The fourth-order valence-electron chi connectivity index (χ4n) is 0.874. The highest BCUT2D eigenvalue weighted by molar-refractivity contribution is 6.31. The number of nitrogens with one attached hydrogen (secondary N) is 1. The first-order valence-corrected chi connectivity index (χ1v) is 4.65. The van der Waals surface area contributed by atoms with Crippen LogP contribution in [0.4, 0.5) is 5.69 Å². The molecule has 1 aromatic carbocycles. The molecule has 1 rings (SSSR count). The lowest BCUT2D eigenvalue weighted by Crippen LogP contribution is -1.89. The van der Waals surface area contributed by atoms with Crippen LogP contribution in [0.3, 0.4) is 0 Å². The molecule has 0 aliphatic heterocycles. The van der Waals surface area contributed by atoms with E-state index < -0.39 is 0 Å². The molecular weight excluding hydrogens is 184 g/mol. The van der Waals surface area contributed by atoms with Crippen molar-refractivity contribution >= 4 is 23.5 Å². The van der Waals surface area contributed by atoms with E-state index in [9.17, 15) is 0 Å². The Balaban J connectivity index is 2.68. The van der Waals surface area contributed by atoms with Gasteiger partial charge >= 0.3 is 0 Å². The summed E-state index contributed by atoms with van der Waals surface area (Å²) in [5.74, 6) is 0. The average molecular weight is 197 g/mol. The van der Waals surface area contributed by atoms with Gasteiger partial charge in [-0.15, -0.1) is 0 Å². The molecule has 0 aromatic heterocycles. The lowest BCUT2D eigenvalue weighted by Gasteiger charge is -2.02. The summed E-state index contributed by atoms with van der Waals surface area (Å²) in [5, 5.41) is 4.76. The van der Waals surface area contributed by atoms with E-state index in [1.807, 2.05) is 38.3 Å². The molecule has 0 fully saturated rings. The van der Waals surface area contributed by atoms with Crippen molar-refractivity contribution in [2.45, 2.75) is 20.3 Å². The van der Waals surface area contributed by atoms with E-state index in [1.54, 1.807) is 0 Å². The molecule has 0 spiro atoms. The Morgan fingerprint density at radius 2 is 2.31 bits per heavy atom. The highest BCUT2D eigenvalue weighted by Crippen LogP contribution is 2.19. The molecule has 0 heterocycles. The minimum Gasteiger partial charge on any atom is -0.279 e. The molecule has 0 saturated carbocycles. The molecule has 0 amide bonds.